The van der Waals surface area contributed by atoms with E-state index in [0.29, 0.717) is 33.7 Å². The van der Waals surface area contributed by atoms with Gasteiger partial charge in [0, 0.05) is 23.2 Å². The van der Waals surface area contributed by atoms with Crippen molar-refractivity contribution in [3.8, 4) is 23.6 Å². The summed E-state index contributed by atoms with van der Waals surface area (Å²) in [5, 5.41) is 23.9. The lowest BCUT2D eigenvalue weighted by Gasteiger charge is -2.15. The second-order valence-electron chi connectivity index (χ2n) is 7.38. The Morgan fingerprint density at radius 1 is 0.889 bits per heavy atom. The van der Waals surface area contributed by atoms with E-state index in [1.165, 1.54) is 20.3 Å². The topological polar surface area (TPSA) is 116 Å². The van der Waals surface area contributed by atoms with Crippen LogP contribution in [0.15, 0.2) is 54.6 Å². The minimum Gasteiger partial charge on any atom is -0.493 e. The molecule has 2 N–H and O–H groups in total. The highest BCUT2D eigenvalue weighted by atomic mass is 19.1. The number of nitrogens with one attached hydrogen (secondary N) is 2. The van der Waals surface area contributed by atoms with Gasteiger partial charge >= 0.3 is 0 Å². The number of benzene rings is 3. The van der Waals surface area contributed by atoms with Crippen molar-refractivity contribution in [1.29, 1.82) is 10.5 Å². The Bertz CT molecular complexity index is 1530. The Morgan fingerprint density at radius 2 is 1.56 bits per heavy atom. The molecule has 36 heavy (non-hydrogen) atoms. The number of nitriles is 2. The highest BCUT2D eigenvalue weighted by Crippen LogP contribution is 2.36. The predicted molar refractivity (Wildman–Crippen MR) is 131 cm³/mol. The molecule has 8 nitrogen and oxygen atoms in total. The van der Waals surface area contributed by atoms with Gasteiger partial charge in [0.1, 0.15) is 23.1 Å². The number of fused-ring (bicyclic) bond motifs is 1. The van der Waals surface area contributed by atoms with Gasteiger partial charge in [0.2, 0.25) is 5.95 Å². The quantitative estimate of drug-likeness (QED) is 0.315. The number of rotatable bonds is 7. The summed E-state index contributed by atoms with van der Waals surface area (Å²) in [5.41, 5.74) is 1.27. The van der Waals surface area contributed by atoms with E-state index in [1.807, 2.05) is 6.07 Å². The van der Waals surface area contributed by atoms with Crippen molar-refractivity contribution in [2.75, 3.05) is 24.9 Å². The molecular weight excluding hydrogens is 466 g/mol. The fourth-order valence-corrected chi connectivity index (χ4v) is 3.42. The van der Waals surface area contributed by atoms with Crippen molar-refractivity contribution in [2.45, 2.75) is 0 Å². The summed E-state index contributed by atoms with van der Waals surface area (Å²) in [6.07, 6.45) is 2.42. The van der Waals surface area contributed by atoms with Crippen molar-refractivity contribution in [1.82, 2.24) is 9.97 Å². The highest BCUT2D eigenvalue weighted by molar-refractivity contribution is 5.94. The molecule has 4 rings (SSSR count). The van der Waals surface area contributed by atoms with Gasteiger partial charge in [-0.05, 0) is 54.1 Å². The molecule has 0 atom stereocenters. The number of hydrogen-bond acceptors (Lipinski definition) is 8. The molecule has 4 aromatic rings. The van der Waals surface area contributed by atoms with Crippen molar-refractivity contribution < 1.29 is 18.3 Å². The molecule has 0 fully saturated rings. The number of allylic oxidation sites excluding steroid dienone is 1. The van der Waals surface area contributed by atoms with Crippen LogP contribution in [0.2, 0.25) is 0 Å². The zero-order valence-corrected chi connectivity index (χ0v) is 19.1. The van der Waals surface area contributed by atoms with Gasteiger partial charge in [0.15, 0.2) is 11.5 Å². The number of halogens is 2. The molecule has 0 aliphatic carbocycles. The maximum Gasteiger partial charge on any atom is 0.229 e. The van der Waals surface area contributed by atoms with E-state index >= 15 is 0 Å². The van der Waals surface area contributed by atoms with Gasteiger partial charge in [-0.2, -0.15) is 15.5 Å². The van der Waals surface area contributed by atoms with Gasteiger partial charge in [-0.3, -0.25) is 0 Å². The fraction of sp³-hybridized carbons (Fsp3) is 0.0769. The molecule has 178 valence electrons. The minimum atomic E-state index is -0.874. The lowest BCUT2D eigenvalue weighted by atomic mass is 10.1. The average Bonchev–Trinajstić information content (AvgIpc) is 2.89. The Labute approximate surface area is 205 Å². The van der Waals surface area contributed by atoms with E-state index in [2.05, 4.69) is 20.6 Å². The lowest BCUT2D eigenvalue weighted by molar-refractivity contribution is 0.356. The summed E-state index contributed by atoms with van der Waals surface area (Å²) in [7, 11) is 2.94. The second-order valence-corrected chi connectivity index (χ2v) is 7.38. The summed E-state index contributed by atoms with van der Waals surface area (Å²) in [4.78, 5) is 8.94. The number of hydrogen-bond donors (Lipinski definition) is 2. The van der Waals surface area contributed by atoms with Gasteiger partial charge in [0.25, 0.3) is 0 Å². The standard InChI is InChI=1S/C26H18F2N6O2/c1-35-22-12-18-21(13-23(22)36-2)32-26(31-17-7-5-15(14-30)6-8-17)34-25(18)33-24-19(27)10-16(4-3-9-29)11-20(24)28/h3-8,10-13H,1-2H3,(H2,31,32,33,34)/b4-3+. The van der Waals surface area contributed by atoms with Crippen molar-refractivity contribution >= 4 is 40.1 Å². The van der Waals surface area contributed by atoms with Crippen LogP contribution in [0.25, 0.3) is 17.0 Å². The number of anilines is 4. The van der Waals surface area contributed by atoms with Gasteiger partial charge in [-0.15, -0.1) is 0 Å². The zero-order valence-electron chi connectivity index (χ0n) is 19.1. The third-order valence-corrected chi connectivity index (χ3v) is 5.13. The molecule has 0 amide bonds. The molecular formula is C26H18F2N6O2. The van der Waals surface area contributed by atoms with E-state index in [4.69, 9.17) is 20.0 Å². The molecule has 0 saturated carbocycles. The van der Waals surface area contributed by atoms with E-state index in [0.717, 1.165) is 18.2 Å². The van der Waals surface area contributed by atoms with Crippen LogP contribution in [0.1, 0.15) is 11.1 Å². The molecule has 0 aliphatic heterocycles. The summed E-state index contributed by atoms with van der Waals surface area (Å²) in [6, 6.07) is 15.9. The smallest absolute Gasteiger partial charge is 0.229 e. The number of methoxy groups -OCH3 is 2. The molecule has 0 unspecified atom stereocenters. The van der Waals surface area contributed by atoms with Crippen molar-refractivity contribution in [3.63, 3.8) is 0 Å². The normalized spacial score (nSPS) is 10.6. The molecule has 1 aromatic heterocycles. The van der Waals surface area contributed by atoms with Crippen molar-refractivity contribution in [2.24, 2.45) is 0 Å². The minimum absolute atomic E-state index is 0.107. The van der Waals surface area contributed by atoms with E-state index in [-0.39, 0.29) is 17.3 Å². The van der Waals surface area contributed by atoms with Crippen molar-refractivity contribution in [3.05, 3.63) is 77.4 Å². The third-order valence-electron chi connectivity index (χ3n) is 5.13. The predicted octanol–water partition coefficient (Wildman–Crippen LogP) is 5.82. The molecule has 0 spiro atoms. The molecule has 0 bridgehead atoms. The zero-order chi connectivity index (χ0) is 25.7. The SMILES string of the molecule is COc1cc2nc(Nc3ccc(C#N)cc3)nc(Nc3c(F)cc(/C=C/C#N)cc3F)c2cc1OC. The maximum absolute atomic E-state index is 14.9. The van der Waals surface area contributed by atoms with Gasteiger partial charge in [-0.25, -0.2) is 13.8 Å². The van der Waals surface area contributed by atoms with Crippen LogP contribution in [-0.4, -0.2) is 24.2 Å². The van der Waals surface area contributed by atoms with Gasteiger partial charge < -0.3 is 20.1 Å². The molecule has 10 heteroatoms. The second kappa shape index (κ2) is 10.4. The first kappa shape index (κ1) is 23.9. The van der Waals surface area contributed by atoms with Gasteiger partial charge in [-0.1, -0.05) is 0 Å². The Morgan fingerprint density at radius 3 is 2.17 bits per heavy atom. The van der Waals surface area contributed by atoms with Crippen LogP contribution in [-0.2, 0) is 0 Å². The van der Waals surface area contributed by atoms with Gasteiger partial charge in [0.05, 0.1) is 37.4 Å². The molecule has 3 aromatic carbocycles. The largest absolute Gasteiger partial charge is 0.493 e. The molecule has 0 aliphatic rings. The number of nitrogens with zero attached hydrogens (tertiary/aromatic N) is 4. The maximum atomic E-state index is 14.9. The lowest BCUT2D eigenvalue weighted by Crippen LogP contribution is -2.05. The van der Waals surface area contributed by atoms with Crippen LogP contribution >= 0.6 is 0 Å². The summed E-state index contributed by atoms with van der Waals surface area (Å²) < 4.78 is 40.4. The number of ether oxygens (including phenoxy) is 2. The third kappa shape index (κ3) is 4.98. The first-order valence-corrected chi connectivity index (χ1v) is 10.5. The van der Waals surface area contributed by atoms with Crippen LogP contribution in [0, 0.1) is 34.3 Å². The fourth-order valence-electron chi connectivity index (χ4n) is 3.42. The average molecular weight is 484 g/mol. The first-order valence-electron chi connectivity index (χ1n) is 10.5. The summed E-state index contributed by atoms with van der Waals surface area (Å²) >= 11 is 0. The summed E-state index contributed by atoms with van der Waals surface area (Å²) in [6.45, 7) is 0. The summed E-state index contributed by atoms with van der Waals surface area (Å²) in [5.74, 6) is -0.721. The molecule has 0 saturated heterocycles. The van der Waals surface area contributed by atoms with Crippen LogP contribution < -0.4 is 20.1 Å². The Hall–Kier alpha value is -5.22. The Balaban J connectivity index is 1.83. The van der Waals surface area contributed by atoms with Crippen LogP contribution in [0.5, 0.6) is 11.5 Å². The van der Waals surface area contributed by atoms with E-state index in [9.17, 15) is 8.78 Å². The molecule has 1 heterocycles. The number of aromatic nitrogens is 2. The van der Waals surface area contributed by atoms with E-state index < -0.39 is 17.3 Å². The highest BCUT2D eigenvalue weighted by Gasteiger charge is 2.17. The first-order chi connectivity index (χ1) is 17.4. The van der Waals surface area contributed by atoms with Crippen LogP contribution in [0.3, 0.4) is 0 Å². The Kier molecular flexibility index (Phi) is 6.89. The molecule has 0 radical (unpaired) electrons. The van der Waals surface area contributed by atoms with E-state index in [1.54, 1.807) is 42.5 Å². The van der Waals surface area contributed by atoms with Crippen LogP contribution in [0.4, 0.5) is 31.9 Å². The monoisotopic (exact) mass is 484 g/mol.